The third-order valence-electron chi connectivity index (χ3n) is 7.69. The minimum absolute atomic E-state index is 0.428. The van der Waals surface area contributed by atoms with Crippen molar-refractivity contribution in [1.29, 1.82) is 0 Å². The van der Waals surface area contributed by atoms with Crippen LogP contribution in [0.3, 0.4) is 0 Å². The van der Waals surface area contributed by atoms with Gasteiger partial charge in [0.2, 0.25) is 0 Å². The van der Waals surface area contributed by atoms with Crippen molar-refractivity contribution in [3.63, 3.8) is 0 Å². The maximum absolute atomic E-state index is 13.0. The summed E-state index contributed by atoms with van der Waals surface area (Å²) >= 11 is 0. The maximum Gasteiger partial charge on any atom is 0.534 e. The van der Waals surface area contributed by atoms with E-state index >= 15 is 0 Å². The van der Waals surface area contributed by atoms with Gasteiger partial charge in [0.1, 0.15) is 11.5 Å². The van der Waals surface area contributed by atoms with Crippen molar-refractivity contribution in [2.75, 3.05) is 38.0 Å². The van der Waals surface area contributed by atoms with Crippen LogP contribution in [-0.4, -0.2) is 56.0 Å². The van der Waals surface area contributed by atoms with Crippen molar-refractivity contribution in [1.82, 2.24) is 0 Å². The molecule has 8 nitrogen and oxygen atoms in total. The molecule has 0 bridgehead atoms. The molecule has 16 heteroatoms. The monoisotopic (exact) mass is 700 g/mol. The van der Waals surface area contributed by atoms with Gasteiger partial charge < -0.3 is 18.2 Å². The van der Waals surface area contributed by atoms with Gasteiger partial charge >= 0.3 is 31.3 Å². The molecule has 47 heavy (non-hydrogen) atoms. The van der Waals surface area contributed by atoms with Gasteiger partial charge in [0, 0.05) is 39.6 Å². The van der Waals surface area contributed by atoms with Crippen LogP contribution in [0.2, 0.25) is 0 Å². The first-order valence-corrected chi connectivity index (χ1v) is 16.4. The molecule has 0 spiro atoms. The highest BCUT2D eigenvalue weighted by atomic mass is 32.2. The number of hydrogen-bond acceptors (Lipinski definition) is 8. The summed E-state index contributed by atoms with van der Waals surface area (Å²) in [5.74, 6) is -1.21. The van der Waals surface area contributed by atoms with Crippen molar-refractivity contribution in [2.45, 2.75) is 16.4 Å². The number of nitrogens with zero attached hydrogens (tertiary/aromatic N) is 2. The Balaban J connectivity index is 1.79. The van der Waals surface area contributed by atoms with E-state index in [1.54, 1.807) is 0 Å². The highest BCUT2D eigenvalue weighted by Crippen LogP contribution is 2.57. The fourth-order valence-corrected chi connectivity index (χ4v) is 6.43. The Morgan fingerprint density at radius 2 is 0.851 bits per heavy atom. The zero-order valence-electron chi connectivity index (χ0n) is 25.0. The minimum atomic E-state index is -5.96. The molecule has 0 N–H and O–H groups in total. The molecule has 0 fully saturated rings. The molecule has 0 amide bonds. The van der Waals surface area contributed by atoms with Crippen molar-refractivity contribution in [3.05, 3.63) is 107 Å². The number of fused-ring (bicyclic) bond motifs is 3. The van der Waals surface area contributed by atoms with Gasteiger partial charge in [-0.15, -0.1) is 0 Å². The van der Waals surface area contributed by atoms with Crippen LogP contribution in [0.4, 0.5) is 37.7 Å². The van der Waals surface area contributed by atoms with Crippen LogP contribution < -0.4 is 18.2 Å². The smallest absolute Gasteiger partial charge is 0.378 e. The van der Waals surface area contributed by atoms with Crippen molar-refractivity contribution < 1.29 is 51.5 Å². The first kappa shape index (κ1) is 33.9. The first-order chi connectivity index (χ1) is 21.7. The summed E-state index contributed by atoms with van der Waals surface area (Å²) in [6.45, 7) is 0. The lowest BCUT2D eigenvalue weighted by atomic mass is 9.67. The van der Waals surface area contributed by atoms with E-state index in [1.807, 2.05) is 74.4 Å². The Morgan fingerprint density at radius 1 is 0.532 bits per heavy atom. The molecule has 4 aromatic rings. The molecule has 0 heterocycles. The third kappa shape index (κ3) is 5.84. The Morgan fingerprint density at radius 3 is 1.13 bits per heavy atom. The molecule has 0 unspecified atom stereocenters. The van der Waals surface area contributed by atoms with E-state index in [0.29, 0.717) is 22.3 Å². The van der Waals surface area contributed by atoms with Gasteiger partial charge in [-0.1, -0.05) is 36.4 Å². The molecule has 5 rings (SSSR count). The van der Waals surface area contributed by atoms with E-state index in [-0.39, 0.29) is 0 Å². The Bertz CT molecular complexity index is 1900. The molecule has 250 valence electrons. The molecular weight excluding hydrogens is 674 g/mol. The van der Waals surface area contributed by atoms with Crippen molar-refractivity contribution in [2.24, 2.45) is 0 Å². The van der Waals surface area contributed by atoms with Crippen LogP contribution in [-0.2, 0) is 25.7 Å². The van der Waals surface area contributed by atoms with Crippen LogP contribution in [0.5, 0.6) is 11.5 Å². The number of hydrogen-bond donors (Lipinski definition) is 0. The van der Waals surface area contributed by atoms with Gasteiger partial charge in [-0.05, 0) is 81.9 Å². The lowest BCUT2D eigenvalue weighted by molar-refractivity contribution is -0.0504. The van der Waals surface area contributed by atoms with E-state index in [4.69, 9.17) is 0 Å². The third-order valence-corrected chi connectivity index (χ3v) is 9.65. The normalized spacial score (nSPS) is 14.3. The van der Waals surface area contributed by atoms with Crippen LogP contribution in [0.1, 0.15) is 22.3 Å². The second-order valence-corrected chi connectivity index (χ2v) is 14.1. The molecule has 0 saturated heterocycles. The van der Waals surface area contributed by atoms with Crippen molar-refractivity contribution >= 4 is 31.6 Å². The zero-order chi connectivity index (χ0) is 34.7. The maximum atomic E-state index is 13.0. The average Bonchev–Trinajstić information content (AvgIpc) is 3.26. The molecule has 1 aliphatic rings. The summed E-state index contributed by atoms with van der Waals surface area (Å²) in [4.78, 5) is 3.69. The summed E-state index contributed by atoms with van der Waals surface area (Å²) < 4.78 is 134. The molecule has 0 radical (unpaired) electrons. The highest BCUT2D eigenvalue weighted by Gasteiger charge is 2.50. The SMILES string of the molecule is CN(C)c1ccc2c(c1)C(c1ccc(OS(=O)(=O)C(F)(F)F)cc1)(c1ccc(OS(=O)(=O)C(F)(F)F)cc1)c1cc(N(C)C)ccc1-2. The topological polar surface area (TPSA) is 93.2 Å². The van der Waals surface area contributed by atoms with Crippen LogP contribution in [0.25, 0.3) is 11.1 Å². The molecule has 1 aliphatic carbocycles. The minimum Gasteiger partial charge on any atom is -0.378 e. The van der Waals surface area contributed by atoms with Gasteiger partial charge in [-0.2, -0.15) is 43.2 Å². The lowest BCUT2D eigenvalue weighted by Gasteiger charge is -2.35. The number of alkyl halides is 6. The fourth-order valence-electron chi connectivity index (χ4n) is 5.51. The molecule has 0 saturated carbocycles. The quantitative estimate of drug-likeness (QED) is 0.101. The van der Waals surface area contributed by atoms with Gasteiger partial charge in [-0.3, -0.25) is 0 Å². The van der Waals surface area contributed by atoms with Crippen molar-refractivity contribution in [3.8, 4) is 22.6 Å². The van der Waals surface area contributed by atoms with Gasteiger partial charge in [0.25, 0.3) is 0 Å². The van der Waals surface area contributed by atoms with Gasteiger partial charge in [0.05, 0.1) is 5.41 Å². The Kier molecular flexibility index (Phi) is 8.20. The number of rotatable bonds is 8. The van der Waals surface area contributed by atoms with Crippen LogP contribution in [0, 0.1) is 0 Å². The van der Waals surface area contributed by atoms with E-state index in [0.717, 1.165) is 46.8 Å². The Labute approximate surface area is 267 Å². The predicted molar refractivity (Wildman–Crippen MR) is 164 cm³/mol. The second-order valence-electron chi connectivity index (χ2n) is 11.0. The van der Waals surface area contributed by atoms with Gasteiger partial charge in [0.15, 0.2) is 0 Å². The zero-order valence-corrected chi connectivity index (χ0v) is 26.6. The molecular formula is C31H26F6N2O6S2. The van der Waals surface area contributed by atoms with E-state index < -0.39 is 48.2 Å². The first-order valence-electron chi connectivity index (χ1n) is 13.6. The van der Waals surface area contributed by atoms with Crippen LogP contribution >= 0.6 is 0 Å². The van der Waals surface area contributed by atoms with E-state index in [9.17, 15) is 43.2 Å². The summed E-state index contributed by atoms with van der Waals surface area (Å²) in [5.41, 5.74) is -7.32. The average molecular weight is 701 g/mol. The number of halogens is 6. The summed E-state index contributed by atoms with van der Waals surface area (Å²) in [6, 6.07) is 21.2. The molecule has 0 aliphatic heterocycles. The number of anilines is 2. The van der Waals surface area contributed by atoms with E-state index in [1.165, 1.54) is 24.3 Å². The molecule has 0 aromatic heterocycles. The van der Waals surface area contributed by atoms with Crippen LogP contribution in [0.15, 0.2) is 84.9 Å². The van der Waals surface area contributed by atoms with Gasteiger partial charge in [-0.25, -0.2) is 0 Å². The lowest BCUT2D eigenvalue weighted by Crippen LogP contribution is -2.30. The highest BCUT2D eigenvalue weighted by molar-refractivity contribution is 7.88. The standard InChI is InChI=1S/C31H26F6N2O6S2/c1-38(2)21-9-15-25-26-16-10-22(39(3)4)18-28(26)29(27(25)17-21,19-5-11-23(12-6-19)44-46(40,41)30(32,33)34)20-7-13-24(14-8-20)45-47(42,43)31(35,36)37/h5-18H,1-4H3. The second kappa shape index (κ2) is 11.4. The summed E-state index contributed by atoms with van der Waals surface area (Å²) in [5, 5.41) is 0. The summed E-state index contributed by atoms with van der Waals surface area (Å²) in [7, 11) is -4.66. The summed E-state index contributed by atoms with van der Waals surface area (Å²) in [6.07, 6.45) is 0. The largest absolute Gasteiger partial charge is 0.534 e. The van der Waals surface area contributed by atoms with E-state index in [2.05, 4.69) is 8.37 Å². The molecule has 4 aromatic carbocycles. The fraction of sp³-hybridized carbons (Fsp3) is 0.226. The Hall–Kier alpha value is -4.44. The predicted octanol–water partition coefficient (Wildman–Crippen LogP) is 6.64. The molecule has 0 atom stereocenters. The number of benzene rings is 4.